The van der Waals surface area contributed by atoms with Crippen molar-refractivity contribution in [2.75, 3.05) is 27.2 Å². The highest BCUT2D eigenvalue weighted by Crippen LogP contribution is 1.93. The summed E-state index contributed by atoms with van der Waals surface area (Å²) in [6.07, 6.45) is 3.39. The number of hydrogen-bond donors (Lipinski definition) is 1. The summed E-state index contributed by atoms with van der Waals surface area (Å²) in [4.78, 5) is 5.18. The van der Waals surface area contributed by atoms with Gasteiger partial charge in [0.1, 0.15) is 0 Å². The second-order valence-electron chi connectivity index (χ2n) is 2.49. The van der Waals surface area contributed by atoms with Crippen molar-refractivity contribution in [2.45, 2.75) is 19.3 Å². The molecule has 0 bridgehead atoms. The van der Waals surface area contributed by atoms with Crippen molar-refractivity contribution in [2.24, 2.45) is 5.73 Å². The van der Waals surface area contributed by atoms with Crippen molar-refractivity contribution >= 4 is 0 Å². The lowest BCUT2D eigenvalue weighted by molar-refractivity contribution is -0.120. The third-order valence-electron chi connectivity index (χ3n) is 1.20. The SMILES string of the molecule is CN(C)OCCCCCN. The van der Waals surface area contributed by atoms with E-state index >= 15 is 0 Å². The van der Waals surface area contributed by atoms with Crippen LogP contribution in [0.3, 0.4) is 0 Å². The number of unbranched alkanes of at least 4 members (excludes halogenated alkanes) is 2. The summed E-state index contributed by atoms with van der Waals surface area (Å²) in [5, 5.41) is 1.72. The number of nitrogens with zero attached hydrogens (tertiary/aromatic N) is 1. The molecule has 0 rings (SSSR count). The van der Waals surface area contributed by atoms with Crippen LogP contribution in [0.4, 0.5) is 0 Å². The van der Waals surface area contributed by atoms with Crippen molar-refractivity contribution in [3.05, 3.63) is 0 Å². The molecule has 0 saturated carbocycles. The lowest BCUT2D eigenvalue weighted by Crippen LogP contribution is -2.13. The molecule has 0 fully saturated rings. The lowest BCUT2D eigenvalue weighted by atomic mass is 10.2. The molecule has 0 unspecified atom stereocenters. The third-order valence-corrected chi connectivity index (χ3v) is 1.20. The molecule has 0 aliphatic heterocycles. The zero-order chi connectivity index (χ0) is 7.82. The van der Waals surface area contributed by atoms with Gasteiger partial charge in [-0.3, -0.25) is 4.84 Å². The zero-order valence-corrected chi connectivity index (χ0v) is 6.97. The largest absolute Gasteiger partial charge is 0.330 e. The van der Waals surface area contributed by atoms with E-state index in [4.69, 9.17) is 10.6 Å². The van der Waals surface area contributed by atoms with Gasteiger partial charge in [-0.2, -0.15) is 5.06 Å². The van der Waals surface area contributed by atoms with Crippen molar-refractivity contribution in [3.8, 4) is 0 Å². The first-order chi connectivity index (χ1) is 4.77. The van der Waals surface area contributed by atoms with Gasteiger partial charge in [0.05, 0.1) is 6.61 Å². The number of rotatable bonds is 6. The standard InChI is InChI=1S/C7H18N2O/c1-9(2)10-7-5-3-4-6-8/h3-8H2,1-2H3. The van der Waals surface area contributed by atoms with Gasteiger partial charge in [0.25, 0.3) is 0 Å². The van der Waals surface area contributed by atoms with Crippen molar-refractivity contribution in [1.82, 2.24) is 5.06 Å². The first-order valence-electron chi connectivity index (χ1n) is 3.77. The van der Waals surface area contributed by atoms with Gasteiger partial charge in [0.2, 0.25) is 0 Å². The summed E-state index contributed by atoms with van der Waals surface area (Å²) in [6.45, 7) is 1.61. The minimum Gasteiger partial charge on any atom is -0.330 e. The Kier molecular flexibility index (Phi) is 6.91. The van der Waals surface area contributed by atoms with E-state index in [9.17, 15) is 0 Å². The summed E-state index contributed by atoms with van der Waals surface area (Å²) in [6, 6.07) is 0. The van der Waals surface area contributed by atoms with E-state index < -0.39 is 0 Å². The average molecular weight is 146 g/mol. The molecule has 0 aromatic heterocycles. The molecular formula is C7H18N2O. The number of hydroxylamine groups is 2. The van der Waals surface area contributed by atoms with Gasteiger partial charge in [0, 0.05) is 14.1 Å². The maximum atomic E-state index is 5.32. The monoisotopic (exact) mass is 146 g/mol. The minimum absolute atomic E-state index is 0.794. The van der Waals surface area contributed by atoms with Crippen LogP contribution in [0.2, 0.25) is 0 Å². The second-order valence-corrected chi connectivity index (χ2v) is 2.49. The molecule has 0 aliphatic rings. The van der Waals surface area contributed by atoms with Crippen LogP contribution in [0.5, 0.6) is 0 Å². The molecule has 0 amide bonds. The van der Waals surface area contributed by atoms with E-state index in [1.54, 1.807) is 5.06 Å². The molecule has 3 heteroatoms. The predicted molar refractivity (Wildman–Crippen MR) is 42.5 cm³/mol. The van der Waals surface area contributed by atoms with Gasteiger partial charge in [-0.1, -0.05) is 0 Å². The van der Waals surface area contributed by atoms with Gasteiger partial charge in [-0.15, -0.1) is 0 Å². The van der Waals surface area contributed by atoms with E-state index in [1.807, 2.05) is 14.1 Å². The lowest BCUT2D eigenvalue weighted by Gasteiger charge is -2.09. The molecule has 2 N–H and O–H groups in total. The molecule has 10 heavy (non-hydrogen) atoms. The topological polar surface area (TPSA) is 38.5 Å². The summed E-state index contributed by atoms with van der Waals surface area (Å²) >= 11 is 0. The van der Waals surface area contributed by atoms with Gasteiger partial charge in [-0.05, 0) is 25.8 Å². The first kappa shape index (κ1) is 9.88. The Labute approximate surface area is 63.1 Å². The van der Waals surface area contributed by atoms with Crippen LogP contribution >= 0.6 is 0 Å². The van der Waals surface area contributed by atoms with Gasteiger partial charge < -0.3 is 5.73 Å². The smallest absolute Gasteiger partial charge is 0.0684 e. The zero-order valence-electron chi connectivity index (χ0n) is 6.97. The number of nitrogens with two attached hydrogens (primary N) is 1. The fourth-order valence-corrected chi connectivity index (χ4v) is 0.670. The van der Waals surface area contributed by atoms with Gasteiger partial charge >= 0.3 is 0 Å². The van der Waals surface area contributed by atoms with Crippen LogP contribution in [0.25, 0.3) is 0 Å². The van der Waals surface area contributed by atoms with Gasteiger partial charge in [-0.25, -0.2) is 0 Å². The Morgan fingerprint density at radius 3 is 2.40 bits per heavy atom. The summed E-state index contributed by atoms with van der Waals surface area (Å²) in [5.74, 6) is 0. The molecule has 62 valence electrons. The predicted octanol–water partition coefficient (Wildman–Crippen LogP) is 0.609. The summed E-state index contributed by atoms with van der Waals surface area (Å²) in [5.41, 5.74) is 5.32. The molecule has 3 nitrogen and oxygen atoms in total. The van der Waals surface area contributed by atoms with Crippen LogP contribution in [-0.2, 0) is 4.84 Å². The van der Waals surface area contributed by atoms with E-state index in [2.05, 4.69) is 0 Å². The highest BCUT2D eigenvalue weighted by atomic mass is 16.7. The van der Waals surface area contributed by atoms with Crippen molar-refractivity contribution in [1.29, 1.82) is 0 Å². The van der Waals surface area contributed by atoms with Crippen LogP contribution in [0.1, 0.15) is 19.3 Å². The maximum Gasteiger partial charge on any atom is 0.0684 e. The normalized spacial score (nSPS) is 10.8. The molecule has 0 aromatic carbocycles. The van der Waals surface area contributed by atoms with E-state index in [0.29, 0.717) is 0 Å². The van der Waals surface area contributed by atoms with Crippen molar-refractivity contribution in [3.63, 3.8) is 0 Å². The second kappa shape index (κ2) is 6.99. The highest BCUT2D eigenvalue weighted by Gasteiger charge is 1.89. The minimum atomic E-state index is 0.794. The number of hydrogen-bond acceptors (Lipinski definition) is 3. The third kappa shape index (κ3) is 7.88. The Morgan fingerprint density at radius 2 is 1.90 bits per heavy atom. The molecular weight excluding hydrogens is 128 g/mol. The Hall–Kier alpha value is -0.120. The Morgan fingerprint density at radius 1 is 1.20 bits per heavy atom. The van der Waals surface area contributed by atoms with Crippen LogP contribution in [0.15, 0.2) is 0 Å². The molecule has 0 spiro atoms. The van der Waals surface area contributed by atoms with E-state index in [0.717, 1.165) is 26.0 Å². The van der Waals surface area contributed by atoms with Crippen LogP contribution in [-0.4, -0.2) is 32.3 Å². The van der Waals surface area contributed by atoms with Crippen LogP contribution < -0.4 is 5.73 Å². The molecule has 0 aromatic rings. The highest BCUT2D eigenvalue weighted by molar-refractivity contribution is 4.40. The maximum absolute atomic E-state index is 5.32. The molecule has 0 saturated heterocycles. The van der Waals surface area contributed by atoms with Crippen LogP contribution in [0, 0.1) is 0 Å². The van der Waals surface area contributed by atoms with Gasteiger partial charge in [0.15, 0.2) is 0 Å². The summed E-state index contributed by atoms with van der Waals surface area (Å²) in [7, 11) is 3.78. The first-order valence-corrected chi connectivity index (χ1v) is 3.77. The Bertz CT molecular complexity index is 66.6. The fraction of sp³-hybridized carbons (Fsp3) is 1.00. The van der Waals surface area contributed by atoms with E-state index in [1.165, 1.54) is 6.42 Å². The fourth-order valence-electron chi connectivity index (χ4n) is 0.670. The Balaban J connectivity index is 2.77. The molecule has 0 aliphatic carbocycles. The molecule has 0 heterocycles. The summed E-state index contributed by atoms with van der Waals surface area (Å²) < 4.78 is 0. The average Bonchev–Trinajstić information content (AvgIpc) is 1.87. The quantitative estimate of drug-likeness (QED) is 0.441. The molecule has 0 atom stereocenters. The molecule has 0 radical (unpaired) electrons. The van der Waals surface area contributed by atoms with E-state index in [-0.39, 0.29) is 0 Å². The van der Waals surface area contributed by atoms with Crippen molar-refractivity contribution < 1.29 is 4.84 Å².